The molecule has 0 unspecified atom stereocenters. The standard InChI is InChI=1S/C29H40N4O5/c1-17-22(20-9-11-21(12-10-20)26(35)32-31-19(3)34)24(33-15-13-29(7,8)14-16-33)23(18(2)30-17)25(27(36)37)38-28(4,5)6/h9-12,25H,13-16H2,1-8H3,(H,31,34)(H,32,35)(H,36,37)/t25-/m0/s1. The van der Waals surface area contributed by atoms with E-state index in [2.05, 4.69) is 29.6 Å². The monoisotopic (exact) mass is 524 g/mol. The van der Waals surface area contributed by atoms with Crippen LogP contribution in [0.15, 0.2) is 24.3 Å². The smallest absolute Gasteiger partial charge is 0.337 e. The van der Waals surface area contributed by atoms with Crippen molar-refractivity contribution >= 4 is 23.5 Å². The van der Waals surface area contributed by atoms with Crippen LogP contribution >= 0.6 is 0 Å². The van der Waals surface area contributed by atoms with Crippen LogP contribution in [-0.4, -0.2) is 46.6 Å². The molecule has 0 radical (unpaired) electrons. The van der Waals surface area contributed by atoms with Crippen molar-refractivity contribution in [1.29, 1.82) is 0 Å². The van der Waals surface area contributed by atoms with Gasteiger partial charge in [0.15, 0.2) is 6.10 Å². The highest BCUT2D eigenvalue weighted by molar-refractivity contribution is 5.96. The van der Waals surface area contributed by atoms with Crippen molar-refractivity contribution in [3.8, 4) is 11.1 Å². The molecule has 1 aliphatic heterocycles. The number of ether oxygens (including phenoxy) is 1. The maximum atomic E-state index is 12.6. The molecule has 1 atom stereocenters. The van der Waals surface area contributed by atoms with Crippen molar-refractivity contribution < 1.29 is 24.2 Å². The van der Waals surface area contributed by atoms with Crippen LogP contribution in [0.2, 0.25) is 0 Å². The van der Waals surface area contributed by atoms with Crippen LogP contribution in [0.3, 0.4) is 0 Å². The maximum Gasteiger partial charge on any atom is 0.337 e. The summed E-state index contributed by atoms with van der Waals surface area (Å²) < 4.78 is 6.11. The first kappa shape index (κ1) is 29.1. The fourth-order valence-corrected chi connectivity index (χ4v) is 4.76. The number of aromatic nitrogens is 1. The first-order valence-corrected chi connectivity index (χ1v) is 12.9. The Morgan fingerprint density at radius 3 is 2.11 bits per heavy atom. The Morgan fingerprint density at radius 2 is 1.61 bits per heavy atom. The number of carboxylic acid groups (broad SMARTS) is 1. The fraction of sp³-hybridized carbons (Fsp3) is 0.517. The highest BCUT2D eigenvalue weighted by Crippen LogP contribution is 2.44. The molecule has 2 amide bonds. The summed E-state index contributed by atoms with van der Waals surface area (Å²) in [5.74, 6) is -1.87. The minimum absolute atomic E-state index is 0.199. The van der Waals surface area contributed by atoms with E-state index in [-0.39, 0.29) is 11.3 Å². The first-order valence-electron chi connectivity index (χ1n) is 12.9. The second-order valence-corrected chi connectivity index (χ2v) is 11.7. The predicted molar refractivity (Wildman–Crippen MR) is 147 cm³/mol. The molecule has 38 heavy (non-hydrogen) atoms. The molecule has 1 fully saturated rings. The molecule has 1 aliphatic rings. The van der Waals surface area contributed by atoms with Gasteiger partial charge in [0.05, 0.1) is 11.3 Å². The number of carboxylic acids is 1. The van der Waals surface area contributed by atoms with Crippen LogP contribution in [0, 0.1) is 19.3 Å². The number of hydrogen-bond donors (Lipinski definition) is 3. The van der Waals surface area contributed by atoms with Gasteiger partial charge in [-0.25, -0.2) is 4.79 Å². The van der Waals surface area contributed by atoms with E-state index in [1.165, 1.54) is 6.92 Å². The highest BCUT2D eigenvalue weighted by Gasteiger charge is 2.36. The Bertz CT molecular complexity index is 1200. The number of rotatable bonds is 6. The molecule has 0 spiro atoms. The lowest BCUT2D eigenvalue weighted by atomic mass is 9.81. The van der Waals surface area contributed by atoms with Crippen molar-refractivity contribution in [2.45, 2.75) is 79.9 Å². The maximum absolute atomic E-state index is 12.6. The molecule has 1 aromatic carbocycles. The summed E-state index contributed by atoms with van der Waals surface area (Å²) in [6.45, 7) is 16.6. The number of hydrazine groups is 1. The van der Waals surface area contributed by atoms with Crippen LogP contribution in [0.1, 0.15) is 87.8 Å². The van der Waals surface area contributed by atoms with E-state index in [1.807, 2.05) is 46.8 Å². The molecule has 2 aromatic rings. The molecule has 3 rings (SSSR count). The number of hydrogen-bond acceptors (Lipinski definition) is 6. The zero-order chi connectivity index (χ0) is 28.4. The number of carbonyl (C=O) groups excluding carboxylic acids is 2. The summed E-state index contributed by atoms with van der Waals surface area (Å²) in [7, 11) is 0. The van der Waals surface area contributed by atoms with E-state index in [4.69, 9.17) is 9.72 Å². The topological polar surface area (TPSA) is 121 Å². The number of amides is 2. The van der Waals surface area contributed by atoms with Gasteiger partial charge in [0.1, 0.15) is 0 Å². The van der Waals surface area contributed by atoms with Gasteiger partial charge in [-0.2, -0.15) is 0 Å². The number of carbonyl (C=O) groups is 3. The Kier molecular flexibility index (Phi) is 8.51. The van der Waals surface area contributed by atoms with Crippen LogP contribution in [0.25, 0.3) is 11.1 Å². The van der Waals surface area contributed by atoms with Crippen LogP contribution in [0.4, 0.5) is 5.69 Å². The predicted octanol–water partition coefficient (Wildman–Crippen LogP) is 4.71. The summed E-state index contributed by atoms with van der Waals surface area (Å²) in [5.41, 5.74) is 8.93. The molecule has 0 saturated carbocycles. The third kappa shape index (κ3) is 6.89. The van der Waals surface area contributed by atoms with Gasteiger partial charge in [-0.1, -0.05) is 26.0 Å². The summed E-state index contributed by atoms with van der Waals surface area (Å²) in [4.78, 5) is 43.2. The van der Waals surface area contributed by atoms with E-state index in [9.17, 15) is 19.5 Å². The Labute approximate surface area is 224 Å². The summed E-state index contributed by atoms with van der Waals surface area (Å²) >= 11 is 0. The summed E-state index contributed by atoms with van der Waals surface area (Å²) in [5, 5.41) is 10.3. The van der Waals surface area contributed by atoms with Gasteiger partial charge in [-0.3, -0.25) is 25.4 Å². The average molecular weight is 525 g/mol. The number of aliphatic carboxylic acids is 1. The molecule has 0 bridgehead atoms. The summed E-state index contributed by atoms with van der Waals surface area (Å²) in [6, 6.07) is 7.00. The molecule has 9 heteroatoms. The fourth-order valence-electron chi connectivity index (χ4n) is 4.76. The van der Waals surface area contributed by atoms with E-state index >= 15 is 0 Å². The van der Waals surface area contributed by atoms with E-state index < -0.39 is 23.6 Å². The molecule has 0 aliphatic carbocycles. The minimum atomic E-state index is -1.20. The van der Waals surface area contributed by atoms with Gasteiger partial charge in [-0.05, 0) is 70.6 Å². The number of aryl methyl sites for hydroxylation is 2. The zero-order valence-electron chi connectivity index (χ0n) is 23.7. The van der Waals surface area contributed by atoms with Gasteiger partial charge in [-0.15, -0.1) is 0 Å². The van der Waals surface area contributed by atoms with Crippen LogP contribution in [0.5, 0.6) is 0 Å². The third-order valence-electron chi connectivity index (χ3n) is 6.76. The third-order valence-corrected chi connectivity index (χ3v) is 6.76. The van der Waals surface area contributed by atoms with Gasteiger partial charge in [0.25, 0.3) is 5.91 Å². The molecule has 3 N–H and O–H groups in total. The van der Waals surface area contributed by atoms with Gasteiger partial charge < -0.3 is 14.7 Å². The second kappa shape index (κ2) is 11.1. The normalized spacial score (nSPS) is 16.1. The van der Waals surface area contributed by atoms with Gasteiger partial charge >= 0.3 is 5.97 Å². The second-order valence-electron chi connectivity index (χ2n) is 11.7. The number of nitrogens with one attached hydrogen (secondary N) is 2. The molecule has 2 heterocycles. The lowest BCUT2D eigenvalue weighted by Crippen LogP contribution is -2.40. The molecule has 9 nitrogen and oxygen atoms in total. The lowest BCUT2D eigenvalue weighted by Gasteiger charge is -2.41. The molecule has 1 aromatic heterocycles. The summed E-state index contributed by atoms with van der Waals surface area (Å²) in [6.07, 6.45) is 0.730. The molecule has 1 saturated heterocycles. The van der Waals surface area contributed by atoms with Crippen molar-refractivity contribution in [3.63, 3.8) is 0 Å². The van der Waals surface area contributed by atoms with Crippen molar-refractivity contribution in [2.75, 3.05) is 18.0 Å². The van der Waals surface area contributed by atoms with Crippen LogP contribution in [-0.2, 0) is 14.3 Å². The van der Waals surface area contributed by atoms with E-state index in [0.717, 1.165) is 48.4 Å². The quantitative estimate of drug-likeness (QED) is 0.468. The number of piperidine rings is 1. The highest BCUT2D eigenvalue weighted by atomic mass is 16.5. The van der Waals surface area contributed by atoms with Crippen molar-refractivity contribution in [1.82, 2.24) is 15.8 Å². The Morgan fingerprint density at radius 1 is 1.03 bits per heavy atom. The minimum Gasteiger partial charge on any atom is -0.479 e. The van der Waals surface area contributed by atoms with E-state index in [0.29, 0.717) is 16.8 Å². The number of pyridine rings is 1. The number of benzene rings is 1. The molecular formula is C29H40N4O5. The van der Waals surface area contributed by atoms with Crippen molar-refractivity contribution in [2.24, 2.45) is 5.41 Å². The van der Waals surface area contributed by atoms with Crippen molar-refractivity contribution in [3.05, 3.63) is 46.8 Å². The average Bonchev–Trinajstić information content (AvgIpc) is 2.80. The Balaban J connectivity index is 2.19. The lowest BCUT2D eigenvalue weighted by molar-refractivity contribution is -0.160. The van der Waals surface area contributed by atoms with Crippen LogP contribution < -0.4 is 15.8 Å². The Hall–Kier alpha value is -3.46. The molecule has 206 valence electrons. The largest absolute Gasteiger partial charge is 0.479 e. The van der Waals surface area contributed by atoms with E-state index in [1.54, 1.807) is 12.1 Å². The zero-order valence-corrected chi connectivity index (χ0v) is 23.7. The van der Waals surface area contributed by atoms with Gasteiger partial charge in [0, 0.05) is 48.1 Å². The SMILES string of the molecule is CC(=O)NNC(=O)c1ccc(-c2c(C)nc(C)c([C@H](OC(C)(C)C)C(=O)O)c2N2CCC(C)(C)CC2)cc1. The molecular weight excluding hydrogens is 484 g/mol. The number of nitrogens with zero attached hydrogens (tertiary/aromatic N) is 2. The number of anilines is 1. The first-order chi connectivity index (χ1) is 17.6. The van der Waals surface area contributed by atoms with Gasteiger partial charge in [0.2, 0.25) is 5.91 Å².